The molecule has 6 nitrogen and oxygen atoms in total. The molecule has 8 heteroatoms. The summed E-state index contributed by atoms with van der Waals surface area (Å²) in [6, 6.07) is 0.116. The van der Waals surface area contributed by atoms with E-state index in [-0.39, 0.29) is 41.9 Å². The highest BCUT2D eigenvalue weighted by molar-refractivity contribution is 7.89. The summed E-state index contributed by atoms with van der Waals surface area (Å²) in [6.45, 7) is 6.33. The lowest BCUT2D eigenvalue weighted by molar-refractivity contribution is -0.134. The van der Waals surface area contributed by atoms with Crippen LogP contribution in [0.25, 0.3) is 0 Å². The zero-order valence-corrected chi connectivity index (χ0v) is 14.4. The van der Waals surface area contributed by atoms with Crippen LogP contribution < -0.4 is 5.73 Å². The number of hydrogen-bond donors (Lipinski definition) is 1. The van der Waals surface area contributed by atoms with Crippen molar-refractivity contribution in [3.63, 3.8) is 0 Å². The Morgan fingerprint density at radius 3 is 2.52 bits per heavy atom. The maximum Gasteiger partial charge on any atom is 0.223 e. The van der Waals surface area contributed by atoms with Gasteiger partial charge in [0.15, 0.2) is 0 Å². The Hall–Kier alpha value is -0.370. The lowest BCUT2D eigenvalue weighted by Crippen LogP contribution is -2.54. The molecule has 1 unspecified atom stereocenters. The lowest BCUT2D eigenvalue weighted by Gasteiger charge is -2.42. The molecule has 1 amide bonds. The first-order valence-corrected chi connectivity index (χ1v) is 8.84. The van der Waals surface area contributed by atoms with Crippen molar-refractivity contribution in [3.05, 3.63) is 0 Å². The minimum atomic E-state index is -3.10. The van der Waals surface area contributed by atoms with E-state index in [4.69, 9.17) is 5.73 Å². The van der Waals surface area contributed by atoms with E-state index in [0.717, 1.165) is 6.42 Å². The molecular formula is C13H26ClN3O3S. The highest BCUT2D eigenvalue weighted by Crippen LogP contribution is 2.28. The van der Waals surface area contributed by atoms with Crippen molar-refractivity contribution in [2.75, 3.05) is 31.9 Å². The molecule has 124 valence electrons. The number of rotatable bonds is 3. The number of sulfonamides is 1. The smallest absolute Gasteiger partial charge is 0.223 e. The van der Waals surface area contributed by atoms with Gasteiger partial charge in [-0.25, -0.2) is 12.7 Å². The third-order valence-corrected chi connectivity index (χ3v) is 6.40. The van der Waals surface area contributed by atoms with Gasteiger partial charge in [-0.1, -0.05) is 13.8 Å². The van der Waals surface area contributed by atoms with E-state index < -0.39 is 10.0 Å². The molecule has 2 fully saturated rings. The Bertz CT molecular complexity index is 481. The molecule has 2 N–H and O–H groups in total. The monoisotopic (exact) mass is 339 g/mol. The van der Waals surface area contributed by atoms with E-state index in [0.29, 0.717) is 32.6 Å². The number of hydrogen-bond acceptors (Lipinski definition) is 4. The van der Waals surface area contributed by atoms with E-state index in [1.54, 1.807) is 0 Å². The fourth-order valence-corrected chi connectivity index (χ4v) is 4.44. The summed E-state index contributed by atoms with van der Waals surface area (Å²) in [5.74, 6) is 0.249. The second-order valence-corrected chi connectivity index (χ2v) is 8.61. The van der Waals surface area contributed by atoms with Crippen molar-refractivity contribution in [3.8, 4) is 0 Å². The van der Waals surface area contributed by atoms with Crippen LogP contribution in [0.4, 0.5) is 0 Å². The fourth-order valence-electron chi connectivity index (χ4n) is 2.91. The molecule has 0 aliphatic carbocycles. The van der Waals surface area contributed by atoms with Crippen molar-refractivity contribution >= 4 is 28.3 Å². The van der Waals surface area contributed by atoms with Crippen LogP contribution in [0.2, 0.25) is 0 Å². The fraction of sp³-hybridized carbons (Fsp3) is 0.923. The molecule has 0 bridgehead atoms. The van der Waals surface area contributed by atoms with Crippen LogP contribution in [-0.4, -0.2) is 61.5 Å². The zero-order chi connectivity index (χ0) is 15.0. The Morgan fingerprint density at radius 2 is 2.00 bits per heavy atom. The molecule has 21 heavy (non-hydrogen) atoms. The first-order chi connectivity index (χ1) is 9.22. The third-order valence-electron chi connectivity index (χ3n) is 4.44. The summed E-state index contributed by atoms with van der Waals surface area (Å²) >= 11 is 0. The number of likely N-dealkylation sites (tertiary alicyclic amines) is 1. The second kappa shape index (κ2) is 6.81. The molecule has 0 aromatic rings. The van der Waals surface area contributed by atoms with Crippen LogP contribution >= 0.6 is 12.4 Å². The van der Waals surface area contributed by atoms with Crippen LogP contribution in [0, 0.1) is 5.41 Å². The van der Waals surface area contributed by atoms with Crippen LogP contribution in [0.1, 0.15) is 33.1 Å². The molecule has 2 heterocycles. The zero-order valence-electron chi connectivity index (χ0n) is 12.7. The summed E-state index contributed by atoms with van der Waals surface area (Å²) in [6.07, 6.45) is 1.74. The van der Waals surface area contributed by atoms with E-state index >= 15 is 0 Å². The largest absolute Gasteiger partial charge is 0.342 e. The number of halogens is 1. The van der Waals surface area contributed by atoms with Gasteiger partial charge in [-0.15, -0.1) is 12.4 Å². The number of amides is 1. The molecule has 0 spiro atoms. The molecule has 0 aromatic carbocycles. The number of carbonyl (C=O) groups excluding carboxylic acids is 1. The summed E-state index contributed by atoms with van der Waals surface area (Å²) in [4.78, 5) is 14.0. The average molecular weight is 340 g/mol. The molecular weight excluding hydrogens is 314 g/mol. The van der Waals surface area contributed by atoms with Gasteiger partial charge in [0.05, 0.1) is 5.75 Å². The van der Waals surface area contributed by atoms with Crippen molar-refractivity contribution in [2.45, 2.75) is 39.2 Å². The molecule has 0 saturated carbocycles. The van der Waals surface area contributed by atoms with E-state index in [2.05, 4.69) is 13.8 Å². The van der Waals surface area contributed by atoms with Gasteiger partial charge < -0.3 is 10.6 Å². The third kappa shape index (κ3) is 4.31. The number of nitrogens with two attached hydrogens (primary N) is 1. The predicted molar refractivity (Wildman–Crippen MR) is 84.8 cm³/mol. The van der Waals surface area contributed by atoms with Crippen LogP contribution in [0.3, 0.4) is 0 Å². The number of piperidine rings is 1. The minimum Gasteiger partial charge on any atom is -0.342 e. The van der Waals surface area contributed by atoms with Crippen LogP contribution in [0.15, 0.2) is 0 Å². The molecule has 0 aromatic heterocycles. The van der Waals surface area contributed by atoms with Gasteiger partial charge in [-0.3, -0.25) is 4.79 Å². The SMILES string of the molecule is CC1(C)CN(C(=O)CCN2CCCS2(=O)=O)CCC1N.Cl. The summed E-state index contributed by atoms with van der Waals surface area (Å²) in [5.41, 5.74) is 5.98. The molecule has 2 saturated heterocycles. The maximum atomic E-state index is 12.2. The molecule has 2 aliphatic heterocycles. The van der Waals surface area contributed by atoms with Gasteiger partial charge in [0, 0.05) is 38.6 Å². The van der Waals surface area contributed by atoms with Gasteiger partial charge in [0.2, 0.25) is 15.9 Å². The summed E-state index contributed by atoms with van der Waals surface area (Å²) in [5, 5.41) is 0. The highest BCUT2D eigenvalue weighted by Gasteiger charge is 2.35. The lowest BCUT2D eigenvalue weighted by atomic mass is 9.79. The minimum absolute atomic E-state index is 0. The highest BCUT2D eigenvalue weighted by atomic mass is 35.5. The second-order valence-electron chi connectivity index (χ2n) is 6.52. The normalized spacial score (nSPS) is 28.1. The van der Waals surface area contributed by atoms with Crippen molar-refractivity contribution in [1.82, 2.24) is 9.21 Å². The van der Waals surface area contributed by atoms with Gasteiger partial charge >= 0.3 is 0 Å². The Labute approximate surface area is 133 Å². The van der Waals surface area contributed by atoms with Crippen LogP contribution in [-0.2, 0) is 14.8 Å². The van der Waals surface area contributed by atoms with Gasteiger partial charge in [0.25, 0.3) is 0 Å². The van der Waals surface area contributed by atoms with Crippen LogP contribution in [0.5, 0.6) is 0 Å². The van der Waals surface area contributed by atoms with E-state index in [1.165, 1.54) is 4.31 Å². The number of carbonyl (C=O) groups is 1. The average Bonchev–Trinajstić information content (AvgIpc) is 2.68. The first kappa shape index (κ1) is 18.7. The summed E-state index contributed by atoms with van der Waals surface area (Å²) in [7, 11) is -3.10. The predicted octanol–water partition coefficient (Wildman–Crippen LogP) is 0.420. The first-order valence-electron chi connectivity index (χ1n) is 7.23. The summed E-state index contributed by atoms with van der Waals surface area (Å²) < 4.78 is 24.8. The molecule has 2 rings (SSSR count). The Balaban J connectivity index is 0.00000220. The van der Waals surface area contributed by atoms with Crippen molar-refractivity contribution in [1.29, 1.82) is 0 Å². The molecule has 2 aliphatic rings. The van der Waals surface area contributed by atoms with E-state index in [1.807, 2.05) is 4.90 Å². The number of nitrogens with zero attached hydrogens (tertiary/aromatic N) is 2. The topological polar surface area (TPSA) is 83.7 Å². The Morgan fingerprint density at radius 1 is 1.33 bits per heavy atom. The maximum absolute atomic E-state index is 12.2. The Kier molecular flexibility index (Phi) is 6.06. The standard InChI is InChI=1S/C13H25N3O3S.ClH/c1-13(2)10-15(7-4-11(13)14)12(17)5-8-16-6-3-9-20(16,18)19;/h11H,3-10,14H2,1-2H3;1H. The molecule has 1 atom stereocenters. The van der Waals surface area contributed by atoms with Gasteiger partial charge in [-0.2, -0.15) is 0 Å². The molecule has 0 radical (unpaired) electrons. The van der Waals surface area contributed by atoms with Gasteiger partial charge in [-0.05, 0) is 18.3 Å². The van der Waals surface area contributed by atoms with E-state index in [9.17, 15) is 13.2 Å². The van der Waals surface area contributed by atoms with Crippen molar-refractivity contribution < 1.29 is 13.2 Å². The van der Waals surface area contributed by atoms with Crippen molar-refractivity contribution in [2.24, 2.45) is 11.1 Å². The quantitative estimate of drug-likeness (QED) is 0.807. The van der Waals surface area contributed by atoms with Gasteiger partial charge in [0.1, 0.15) is 0 Å².